The fourth-order valence-corrected chi connectivity index (χ4v) is 4.46. The molecule has 0 saturated heterocycles. The molecule has 2 aromatic heterocycles. The van der Waals surface area contributed by atoms with Gasteiger partial charge in [0.25, 0.3) is 5.91 Å². The van der Waals surface area contributed by atoms with Gasteiger partial charge in [-0.3, -0.25) is 4.79 Å². The normalized spacial score (nSPS) is 10.9. The molecule has 8 nitrogen and oxygen atoms in total. The third-order valence-corrected chi connectivity index (χ3v) is 6.06. The first-order valence-corrected chi connectivity index (χ1v) is 11.8. The summed E-state index contributed by atoms with van der Waals surface area (Å²) < 4.78 is 7.02. The van der Waals surface area contributed by atoms with Gasteiger partial charge in [-0.1, -0.05) is 34.6 Å². The van der Waals surface area contributed by atoms with Gasteiger partial charge in [0.05, 0.1) is 24.2 Å². The quantitative estimate of drug-likeness (QED) is 0.279. The van der Waals surface area contributed by atoms with Crippen molar-refractivity contribution in [2.24, 2.45) is 0 Å². The SMILES string of the molecule is COc1ccc(C)cc1NC(=O)c1nnn(-c2ccc(Cl)cc2)c1CSc1nc(C)cc(C)n1. The van der Waals surface area contributed by atoms with Crippen molar-refractivity contribution >= 4 is 35.0 Å². The van der Waals surface area contributed by atoms with Crippen LogP contribution in [0.3, 0.4) is 0 Å². The summed E-state index contributed by atoms with van der Waals surface area (Å²) in [5.74, 6) is 0.552. The molecule has 0 aliphatic heterocycles. The van der Waals surface area contributed by atoms with Gasteiger partial charge in [0.2, 0.25) is 0 Å². The van der Waals surface area contributed by atoms with Crippen LogP contribution in [0.1, 0.15) is 33.1 Å². The molecule has 34 heavy (non-hydrogen) atoms. The average Bonchev–Trinajstić information content (AvgIpc) is 3.22. The molecule has 1 amide bonds. The van der Waals surface area contributed by atoms with Crippen LogP contribution < -0.4 is 10.1 Å². The van der Waals surface area contributed by atoms with Crippen molar-refractivity contribution in [3.63, 3.8) is 0 Å². The summed E-state index contributed by atoms with van der Waals surface area (Å²) in [5.41, 5.74) is 4.86. The van der Waals surface area contributed by atoms with Crippen molar-refractivity contribution in [2.45, 2.75) is 31.7 Å². The monoisotopic (exact) mass is 494 g/mol. The minimum Gasteiger partial charge on any atom is -0.495 e. The number of methoxy groups -OCH3 is 1. The highest BCUT2D eigenvalue weighted by Gasteiger charge is 2.22. The molecule has 0 aliphatic carbocycles. The lowest BCUT2D eigenvalue weighted by Crippen LogP contribution is -2.16. The van der Waals surface area contributed by atoms with Crippen molar-refractivity contribution in [3.05, 3.63) is 81.9 Å². The molecule has 0 bridgehead atoms. The van der Waals surface area contributed by atoms with Crippen molar-refractivity contribution in [2.75, 3.05) is 12.4 Å². The number of aryl methyl sites for hydroxylation is 3. The maximum atomic E-state index is 13.3. The van der Waals surface area contributed by atoms with Crippen molar-refractivity contribution < 1.29 is 9.53 Å². The lowest BCUT2D eigenvalue weighted by Gasteiger charge is -2.11. The lowest BCUT2D eigenvalue weighted by molar-refractivity contribution is 0.102. The second-order valence-electron chi connectivity index (χ2n) is 7.65. The Morgan fingerprint density at radius 2 is 1.76 bits per heavy atom. The predicted octanol–water partition coefficient (Wildman–Crippen LogP) is 5.19. The summed E-state index contributed by atoms with van der Waals surface area (Å²) in [6.45, 7) is 5.79. The number of carbonyl (C=O) groups excluding carboxylic acids is 1. The van der Waals surface area contributed by atoms with Gasteiger partial charge in [-0.15, -0.1) is 5.10 Å². The first-order chi connectivity index (χ1) is 16.3. The molecule has 0 atom stereocenters. The third kappa shape index (κ3) is 5.37. The number of nitrogens with zero attached hydrogens (tertiary/aromatic N) is 5. The molecule has 1 N–H and O–H groups in total. The van der Waals surface area contributed by atoms with E-state index in [2.05, 4.69) is 25.6 Å². The molecular formula is C24H23ClN6O2S. The van der Waals surface area contributed by atoms with Crippen molar-refractivity contribution in [1.29, 1.82) is 0 Å². The van der Waals surface area contributed by atoms with Gasteiger partial charge in [0, 0.05) is 22.2 Å². The molecule has 4 rings (SSSR count). The molecule has 0 saturated carbocycles. The number of hydrogen-bond acceptors (Lipinski definition) is 7. The molecular weight excluding hydrogens is 472 g/mol. The number of aromatic nitrogens is 5. The number of halogens is 1. The Morgan fingerprint density at radius 1 is 1.06 bits per heavy atom. The number of anilines is 1. The minimum atomic E-state index is -0.388. The number of ether oxygens (including phenoxy) is 1. The van der Waals surface area contributed by atoms with Gasteiger partial charge in [-0.25, -0.2) is 14.6 Å². The summed E-state index contributed by atoms with van der Waals surface area (Å²) in [6.07, 6.45) is 0. The topological polar surface area (TPSA) is 94.8 Å². The zero-order valence-electron chi connectivity index (χ0n) is 19.2. The second kappa shape index (κ2) is 10.2. The summed E-state index contributed by atoms with van der Waals surface area (Å²) in [6, 6.07) is 14.7. The molecule has 0 fully saturated rings. The number of carbonyl (C=O) groups is 1. The number of amides is 1. The maximum absolute atomic E-state index is 13.3. The first-order valence-electron chi connectivity index (χ1n) is 10.5. The number of benzene rings is 2. The predicted molar refractivity (Wildman–Crippen MR) is 133 cm³/mol. The Kier molecular flexibility index (Phi) is 7.14. The van der Waals surface area contributed by atoms with Crippen LogP contribution in [-0.2, 0) is 5.75 Å². The molecule has 0 aliphatic rings. The highest BCUT2D eigenvalue weighted by Crippen LogP contribution is 2.28. The second-order valence-corrected chi connectivity index (χ2v) is 9.03. The lowest BCUT2D eigenvalue weighted by atomic mass is 10.2. The first kappa shape index (κ1) is 23.7. The number of nitrogens with one attached hydrogen (secondary N) is 1. The molecule has 174 valence electrons. The molecule has 2 aromatic carbocycles. The number of rotatable bonds is 7. The van der Waals surface area contributed by atoms with E-state index in [0.717, 1.165) is 22.6 Å². The number of hydrogen-bond donors (Lipinski definition) is 1. The van der Waals surface area contributed by atoms with E-state index >= 15 is 0 Å². The summed E-state index contributed by atoms with van der Waals surface area (Å²) >= 11 is 7.47. The summed E-state index contributed by atoms with van der Waals surface area (Å²) in [7, 11) is 1.56. The van der Waals surface area contributed by atoms with Crippen molar-refractivity contribution in [3.8, 4) is 11.4 Å². The third-order valence-electron chi connectivity index (χ3n) is 4.95. The molecule has 10 heteroatoms. The van der Waals surface area contributed by atoms with Crippen LogP contribution in [0.4, 0.5) is 5.69 Å². The zero-order chi connectivity index (χ0) is 24.2. The van der Waals surface area contributed by atoms with Gasteiger partial charge in [-0.05, 0) is 68.8 Å². The molecule has 4 aromatic rings. The van der Waals surface area contributed by atoms with Gasteiger partial charge >= 0.3 is 0 Å². The zero-order valence-corrected chi connectivity index (χ0v) is 20.7. The standard InChI is InChI=1S/C24H23ClN6O2S/c1-14-5-10-21(33-4)19(11-14)28-23(32)22-20(13-34-24-26-15(2)12-16(3)27-24)31(30-29-22)18-8-6-17(25)7-9-18/h5-12H,13H2,1-4H3,(H,28,32). The molecule has 0 radical (unpaired) electrons. The van der Waals surface area contributed by atoms with E-state index in [1.165, 1.54) is 11.8 Å². The highest BCUT2D eigenvalue weighted by molar-refractivity contribution is 7.98. The van der Waals surface area contributed by atoms with Gasteiger partial charge in [-0.2, -0.15) is 0 Å². The van der Waals surface area contributed by atoms with Crippen LogP contribution >= 0.6 is 23.4 Å². The Balaban J connectivity index is 1.69. The fourth-order valence-electron chi connectivity index (χ4n) is 3.39. The van der Waals surface area contributed by atoms with E-state index in [4.69, 9.17) is 16.3 Å². The van der Waals surface area contributed by atoms with Gasteiger partial charge < -0.3 is 10.1 Å². The van der Waals surface area contributed by atoms with E-state index in [9.17, 15) is 4.79 Å². The molecule has 0 spiro atoms. The molecule has 2 heterocycles. The average molecular weight is 495 g/mol. The van der Waals surface area contributed by atoms with Crippen LogP contribution in [0, 0.1) is 20.8 Å². The van der Waals surface area contributed by atoms with E-state index in [0.29, 0.717) is 33.1 Å². The molecule has 0 unspecified atom stereocenters. The summed E-state index contributed by atoms with van der Waals surface area (Å²) in [5, 5.41) is 12.6. The Hall–Kier alpha value is -3.43. The smallest absolute Gasteiger partial charge is 0.278 e. The van der Waals surface area contributed by atoms with E-state index in [-0.39, 0.29) is 11.6 Å². The van der Waals surface area contributed by atoms with Gasteiger partial charge in [0.1, 0.15) is 5.75 Å². The summed E-state index contributed by atoms with van der Waals surface area (Å²) in [4.78, 5) is 22.3. The maximum Gasteiger partial charge on any atom is 0.278 e. The largest absolute Gasteiger partial charge is 0.495 e. The van der Waals surface area contributed by atoms with Crippen LogP contribution in [0.15, 0.2) is 53.7 Å². The van der Waals surface area contributed by atoms with Crippen molar-refractivity contribution in [1.82, 2.24) is 25.0 Å². The van der Waals surface area contributed by atoms with Crippen LogP contribution in [-0.4, -0.2) is 38.0 Å². The highest BCUT2D eigenvalue weighted by atomic mass is 35.5. The van der Waals surface area contributed by atoms with Crippen LogP contribution in [0.2, 0.25) is 5.02 Å². The van der Waals surface area contributed by atoms with Crippen LogP contribution in [0.25, 0.3) is 5.69 Å². The Labute approximate surface area is 206 Å². The van der Waals surface area contributed by atoms with Gasteiger partial charge in [0.15, 0.2) is 10.9 Å². The van der Waals surface area contributed by atoms with E-state index in [1.54, 1.807) is 23.9 Å². The fraction of sp³-hybridized carbons (Fsp3) is 0.208. The number of thioether (sulfide) groups is 1. The minimum absolute atomic E-state index is 0.204. The Bertz CT molecular complexity index is 1320. The Morgan fingerprint density at radius 3 is 2.44 bits per heavy atom. The van der Waals surface area contributed by atoms with E-state index in [1.807, 2.05) is 57.2 Å². The van der Waals surface area contributed by atoms with E-state index < -0.39 is 0 Å². The van der Waals surface area contributed by atoms with Crippen LogP contribution in [0.5, 0.6) is 5.75 Å².